The predicted molar refractivity (Wildman–Crippen MR) is 83.8 cm³/mol. The summed E-state index contributed by atoms with van der Waals surface area (Å²) in [5, 5.41) is 5.60. The third-order valence-electron chi connectivity index (χ3n) is 3.05. The number of thiophene rings is 1. The Balaban J connectivity index is 2.12. The van der Waals surface area contributed by atoms with Crippen LogP contribution in [0.3, 0.4) is 0 Å². The summed E-state index contributed by atoms with van der Waals surface area (Å²) in [4.78, 5) is 13.8. The number of carbonyl (C=O) groups excluding carboxylic acids is 1. The molecular formula is C12H13BClN4OS. The standard InChI is InChI=1S/C12H13BClN4OS/c1-6(2)11-16-17(5-10(15)19)13-8-3-7-4-9(14)20-12(7)18(8)11/h3-4,6H,5H2,1-2H3,(H2,15,19). The number of nitrogens with two attached hydrogens (primary N) is 1. The van der Waals surface area contributed by atoms with Crippen LogP contribution < -0.4 is 11.3 Å². The number of halogens is 1. The molecule has 2 N–H and O–H groups in total. The monoisotopic (exact) mass is 307 g/mol. The third kappa shape index (κ3) is 2.21. The maximum absolute atomic E-state index is 11.1. The van der Waals surface area contributed by atoms with Crippen molar-refractivity contribution in [1.29, 1.82) is 0 Å². The maximum Gasteiger partial charge on any atom is 0.330 e. The molecule has 0 unspecified atom stereocenters. The van der Waals surface area contributed by atoms with E-state index < -0.39 is 5.91 Å². The molecule has 0 saturated heterocycles. The van der Waals surface area contributed by atoms with Gasteiger partial charge in [0.05, 0.1) is 4.34 Å². The van der Waals surface area contributed by atoms with Crippen molar-refractivity contribution in [3.63, 3.8) is 0 Å². The van der Waals surface area contributed by atoms with Gasteiger partial charge in [-0.2, -0.15) is 5.10 Å². The van der Waals surface area contributed by atoms with Crippen molar-refractivity contribution in [3.8, 4) is 0 Å². The Kier molecular flexibility index (Phi) is 3.26. The van der Waals surface area contributed by atoms with Crippen LogP contribution in [0.1, 0.15) is 13.8 Å². The summed E-state index contributed by atoms with van der Waals surface area (Å²) in [5.74, 6) is 0.699. The van der Waals surface area contributed by atoms with E-state index in [4.69, 9.17) is 17.3 Å². The van der Waals surface area contributed by atoms with Gasteiger partial charge in [0.25, 0.3) is 0 Å². The molecule has 1 aliphatic heterocycles. The second-order valence-electron chi connectivity index (χ2n) is 5.02. The molecule has 0 fully saturated rings. The molecule has 8 heteroatoms. The van der Waals surface area contributed by atoms with E-state index in [0.29, 0.717) is 0 Å². The maximum atomic E-state index is 11.1. The van der Waals surface area contributed by atoms with Gasteiger partial charge >= 0.3 is 7.41 Å². The topological polar surface area (TPSA) is 63.6 Å². The fraction of sp³-hybridized carbons (Fsp3) is 0.333. The highest BCUT2D eigenvalue weighted by Crippen LogP contribution is 2.30. The zero-order valence-corrected chi connectivity index (χ0v) is 12.7. The number of rotatable bonds is 3. The van der Waals surface area contributed by atoms with Crippen LogP contribution in [0.2, 0.25) is 4.34 Å². The van der Waals surface area contributed by atoms with Gasteiger partial charge in [-0.05, 0) is 12.1 Å². The third-order valence-corrected chi connectivity index (χ3v) is 4.32. The SMILES string of the molecule is CC(C)C1=NN(CC(N)=O)[B]c2cc3cc(Cl)sc3n21. The molecule has 1 aliphatic rings. The molecule has 103 valence electrons. The Morgan fingerprint density at radius 3 is 2.95 bits per heavy atom. The molecule has 0 atom stereocenters. The molecule has 0 aromatic carbocycles. The molecule has 20 heavy (non-hydrogen) atoms. The molecule has 1 amide bonds. The average Bonchev–Trinajstić information content (AvgIpc) is 2.82. The minimum Gasteiger partial charge on any atom is -0.368 e. The van der Waals surface area contributed by atoms with E-state index in [0.717, 1.165) is 26.0 Å². The van der Waals surface area contributed by atoms with Gasteiger partial charge in [-0.1, -0.05) is 25.4 Å². The largest absolute Gasteiger partial charge is 0.368 e. The minimum atomic E-state index is -0.405. The highest BCUT2D eigenvalue weighted by Gasteiger charge is 2.26. The number of hydrazone groups is 1. The van der Waals surface area contributed by atoms with Crippen molar-refractivity contribution in [2.45, 2.75) is 13.8 Å². The quantitative estimate of drug-likeness (QED) is 0.867. The van der Waals surface area contributed by atoms with E-state index in [1.54, 1.807) is 4.92 Å². The van der Waals surface area contributed by atoms with Crippen molar-refractivity contribution >= 4 is 57.9 Å². The number of aromatic nitrogens is 1. The Bertz CT molecular complexity index is 720. The van der Waals surface area contributed by atoms with Crippen molar-refractivity contribution < 1.29 is 4.79 Å². The van der Waals surface area contributed by atoms with E-state index in [1.165, 1.54) is 11.3 Å². The smallest absolute Gasteiger partial charge is 0.330 e. The predicted octanol–water partition coefficient (Wildman–Crippen LogP) is 1.22. The number of hydrogen-bond donors (Lipinski definition) is 1. The normalized spacial score (nSPS) is 14.4. The molecule has 0 bridgehead atoms. The highest BCUT2D eigenvalue weighted by atomic mass is 35.5. The highest BCUT2D eigenvalue weighted by molar-refractivity contribution is 7.22. The molecule has 0 spiro atoms. The lowest BCUT2D eigenvalue weighted by Crippen LogP contribution is -2.48. The summed E-state index contributed by atoms with van der Waals surface area (Å²) >= 11 is 7.60. The minimum absolute atomic E-state index is 0.0792. The number of amides is 1. The summed E-state index contributed by atoms with van der Waals surface area (Å²) in [6.45, 7) is 4.21. The van der Waals surface area contributed by atoms with Crippen molar-refractivity contribution in [1.82, 2.24) is 9.49 Å². The first kappa shape index (κ1) is 13.5. The summed E-state index contributed by atoms with van der Waals surface area (Å²) < 4.78 is 2.85. The zero-order chi connectivity index (χ0) is 14.4. The fourth-order valence-electron chi connectivity index (χ4n) is 2.29. The Morgan fingerprint density at radius 1 is 1.55 bits per heavy atom. The number of carbonyl (C=O) groups is 1. The fourth-order valence-corrected chi connectivity index (χ4v) is 3.52. The second-order valence-corrected chi connectivity index (χ2v) is 6.68. The summed E-state index contributed by atoms with van der Waals surface area (Å²) in [6.07, 6.45) is 0. The van der Waals surface area contributed by atoms with Crippen LogP contribution in [0.25, 0.3) is 10.2 Å². The van der Waals surface area contributed by atoms with Gasteiger partial charge in [0, 0.05) is 16.9 Å². The van der Waals surface area contributed by atoms with Crippen molar-refractivity contribution in [2.24, 2.45) is 16.8 Å². The molecule has 3 rings (SSSR count). The second kappa shape index (κ2) is 4.82. The summed E-state index contributed by atoms with van der Waals surface area (Å²) in [5.41, 5.74) is 6.24. The first-order valence-corrected chi connectivity index (χ1v) is 7.44. The van der Waals surface area contributed by atoms with Gasteiger partial charge in [0.15, 0.2) is 0 Å². The van der Waals surface area contributed by atoms with Crippen LogP contribution in [0, 0.1) is 5.92 Å². The number of hydrogen-bond acceptors (Lipinski definition) is 4. The van der Waals surface area contributed by atoms with Gasteiger partial charge in [-0.3, -0.25) is 9.36 Å². The van der Waals surface area contributed by atoms with Crippen molar-refractivity contribution in [2.75, 3.05) is 6.54 Å². The first-order chi connectivity index (χ1) is 9.45. The lowest BCUT2D eigenvalue weighted by molar-refractivity contribution is -0.118. The molecule has 3 heterocycles. The van der Waals surface area contributed by atoms with Gasteiger partial charge in [-0.25, -0.2) is 0 Å². The van der Waals surface area contributed by atoms with Gasteiger partial charge < -0.3 is 10.7 Å². The molecule has 2 aromatic heterocycles. The summed E-state index contributed by atoms with van der Waals surface area (Å²) in [7, 11) is 1.83. The van der Waals surface area contributed by atoms with Crippen LogP contribution in [-0.4, -0.2) is 35.2 Å². The van der Waals surface area contributed by atoms with Crippen LogP contribution in [0.15, 0.2) is 17.2 Å². The molecule has 1 radical (unpaired) electrons. The van der Waals surface area contributed by atoms with Gasteiger partial charge in [-0.15, -0.1) is 11.3 Å². The Morgan fingerprint density at radius 2 is 2.30 bits per heavy atom. The molecule has 2 aromatic rings. The number of primary amides is 1. The summed E-state index contributed by atoms with van der Waals surface area (Å²) in [6, 6.07) is 3.99. The molecular weight excluding hydrogens is 294 g/mol. The first-order valence-electron chi connectivity index (χ1n) is 6.25. The van der Waals surface area contributed by atoms with Crippen molar-refractivity contribution in [3.05, 3.63) is 16.5 Å². The van der Waals surface area contributed by atoms with E-state index in [2.05, 4.69) is 23.5 Å². The van der Waals surface area contributed by atoms with Crippen LogP contribution in [0.5, 0.6) is 0 Å². The van der Waals surface area contributed by atoms with Gasteiger partial charge in [0.1, 0.15) is 17.2 Å². The zero-order valence-electron chi connectivity index (χ0n) is 11.1. The van der Waals surface area contributed by atoms with E-state index in [1.807, 2.05) is 19.5 Å². The number of fused-ring (bicyclic) bond motifs is 3. The van der Waals surface area contributed by atoms with E-state index >= 15 is 0 Å². The average molecular weight is 308 g/mol. The van der Waals surface area contributed by atoms with Crippen LogP contribution >= 0.6 is 22.9 Å². The Hall–Kier alpha value is -1.47. The van der Waals surface area contributed by atoms with Crippen LogP contribution in [0.4, 0.5) is 0 Å². The van der Waals surface area contributed by atoms with Crippen LogP contribution in [-0.2, 0) is 4.79 Å². The lowest BCUT2D eigenvalue weighted by Gasteiger charge is -2.27. The Labute approximate surface area is 126 Å². The number of nitrogens with zero attached hydrogens (tertiary/aromatic N) is 3. The lowest BCUT2D eigenvalue weighted by atomic mass is 9.86. The molecule has 0 aliphatic carbocycles. The molecule has 5 nitrogen and oxygen atoms in total. The molecule has 0 saturated carbocycles. The van der Waals surface area contributed by atoms with E-state index in [9.17, 15) is 4.79 Å². The van der Waals surface area contributed by atoms with Gasteiger partial charge in [0.2, 0.25) is 5.91 Å². The van der Waals surface area contributed by atoms with E-state index in [-0.39, 0.29) is 12.5 Å².